The van der Waals surface area contributed by atoms with Gasteiger partial charge in [0.2, 0.25) is 0 Å². The van der Waals surface area contributed by atoms with Gasteiger partial charge in [0.15, 0.2) is 6.10 Å². The minimum absolute atomic E-state index is 0.0724. The number of unbranched alkanes of at least 4 members (excludes halogenated alkanes) is 36. The zero-order valence-corrected chi connectivity index (χ0v) is 42.8. The highest BCUT2D eigenvalue weighted by atomic mass is 16.6. The van der Waals surface area contributed by atoms with Gasteiger partial charge in [-0.3, -0.25) is 14.4 Å². The van der Waals surface area contributed by atoms with Gasteiger partial charge in [0.1, 0.15) is 13.2 Å². The molecule has 0 radical (unpaired) electrons. The van der Waals surface area contributed by atoms with Crippen molar-refractivity contribution < 1.29 is 28.6 Å². The van der Waals surface area contributed by atoms with Gasteiger partial charge in [-0.1, -0.05) is 276 Å². The van der Waals surface area contributed by atoms with E-state index < -0.39 is 6.10 Å². The first-order valence-corrected chi connectivity index (χ1v) is 28.0. The number of allylic oxidation sites excluding steroid dienone is 6. The third-order valence-corrected chi connectivity index (χ3v) is 12.5. The molecule has 0 amide bonds. The Morgan fingerprint density at radius 1 is 0.328 bits per heavy atom. The minimum Gasteiger partial charge on any atom is -0.462 e. The summed E-state index contributed by atoms with van der Waals surface area (Å²) in [6.45, 7) is 6.54. The molecule has 6 nitrogen and oxygen atoms in total. The van der Waals surface area contributed by atoms with Gasteiger partial charge in [0.25, 0.3) is 0 Å². The van der Waals surface area contributed by atoms with Gasteiger partial charge in [0.05, 0.1) is 0 Å². The predicted molar refractivity (Wildman–Crippen MR) is 275 cm³/mol. The Balaban J connectivity index is 4.34. The third-order valence-electron chi connectivity index (χ3n) is 12.5. The second-order valence-corrected chi connectivity index (χ2v) is 18.9. The van der Waals surface area contributed by atoms with Crippen LogP contribution in [-0.2, 0) is 28.6 Å². The number of carbonyl (C=O) groups is 3. The van der Waals surface area contributed by atoms with E-state index in [9.17, 15) is 14.4 Å². The molecular formula is C58H106O6. The van der Waals surface area contributed by atoms with Crippen LogP contribution in [0.2, 0.25) is 0 Å². The molecule has 0 fully saturated rings. The molecule has 0 bridgehead atoms. The van der Waals surface area contributed by atoms with Crippen LogP contribution in [0.3, 0.4) is 0 Å². The van der Waals surface area contributed by atoms with Gasteiger partial charge >= 0.3 is 17.9 Å². The van der Waals surface area contributed by atoms with E-state index in [-0.39, 0.29) is 31.1 Å². The van der Waals surface area contributed by atoms with E-state index in [1.165, 1.54) is 186 Å². The topological polar surface area (TPSA) is 78.9 Å². The molecular weight excluding hydrogens is 793 g/mol. The summed E-state index contributed by atoms with van der Waals surface area (Å²) < 4.78 is 16.9. The van der Waals surface area contributed by atoms with E-state index in [1.54, 1.807) is 0 Å². The number of esters is 3. The Bertz CT molecular complexity index is 1080. The van der Waals surface area contributed by atoms with Crippen LogP contribution < -0.4 is 0 Å². The molecule has 0 aliphatic heterocycles. The Hall–Kier alpha value is -2.37. The number of carbonyl (C=O) groups excluding carboxylic acids is 3. The fourth-order valence-corrected chi connectivity index (χ4v) is 8.27. The highest BCUT2D eigenvalue weighted by Gasteiger charge is 2.19. The lowest BCUT2D eigenvalue weighted by atomic mass is 10.0. The van der Waals surface area contributed by atoms with Crippen molar-refractivity contribution in [3.05, 3.63) is 36.5 Å². The summed E-state index contributed by atoms with van der Waals surface area (Å²) in [5.41, 5.74) is 0. The summed E-state index contributed by atoms with van der Waals surface area (Å²) >= 11 is 0. The Morgan fingerprint density at radius 2 is 0.609 bits per heavy atom. The van der Waals surface area contributed by atoms with E-state index in [1.807, 2.05) is 0 Å². The number of rotatable bonds is 51. The monoisotopic (exact) mass is 899 g/mol. The Kier molecular flexibility index (Phi) is 51.3. The SMILES string of the molecule is CC\C=C/C=C\C=C/CCCCCCCCCC(=O)OC(COC(=O)CCCCCCCCCCCCCCCC)COC(=O)CCCCCCCCCCCCCCCCCCC. The molecule has 0 saturated heterocycles. The largest absolute Gasteiger partial charge is 0.462 e. The molecule has 0 N–H and O–H groups in total. The summed E-state index contributed by atoms with van der Waals surface area (Å²) in [5.74, 6) is -0.866. The Labute approximate surface area is 397 Å². The normalized spacial score (nSPS) is 12.2. The molecule has 64 heavy (non-hydrogen) atoms. The van der Waals surface area contributed by atoms with Crippen molar-refractivity contribution >= 4 is 17.9 Å². The van der Waals surface area contributed by atoms with E-state index in [0.717, 1.165) is 70.6 Å². The second-order valence-electron chi connectivity index (χ2n) is 18.9. The third kappa shape index (κ3) is 50.6. The smallest absolute Gasteiger partial charge is 0.306 e. The van der Waals surface area contributed by atoms with E-state index >= 15 is 0 Å². The van der Waals surface area contributed by atoms with Crippen molar-refractivity contribution in [3.63, 3.8) is 0 Å². The van der Waals surface area contributed by atoms with Crippen LogP contribution in [0.4, 0.5) is 0 Å². The van der Waals surface area contributed by atoms with Crippen molar-refractivity contribution in [1.82, 2.24) is 0 Å². The van der Waals surface area contributed by atoms with Gasteiger partial charge in [-0.25, -0.2) is 0 Å². The number of hydrogen-bond donors (Lipinski definition) is 0. The Morgan fingerprint density at radius 3 is 0.938 bits per heavy atom. The van der Waals surface area contributed by atoms with Crippen molar-refractivity contribution in [1.29, 1.82) is 0 Å². The maximum atomic E-state index is 12.8. The van der Waals surface area contributed by atoms with Gasteiger partial charge in [-0.05, 0) is 38.5 Å². The van der Waals surface area contributed by atoms with Crippen LogP contribution in [-0.4, -0.2) is 37.2 Å². The molecule has 0 spiro atoms. The molecule has 0 aromatic rings. The summed E-state index contributed by atoms with van der Waals surface area (Å²) in [7, 11) is 0. The average molecular weight is 899 g/mol. The number of ether oxygens (including phenoxy) is 3. The fraction of sp³-hybridized carbons (Fsp3) is 0.845. The summed E-state index contributed by atoms with van der Waals surface area (Å²) in [6.07, 6.45) is 62.7. The molecule has 0 rings (SSSR count). The zero-order valence-electron chi connectivity index (χ0n) is 42.8. The molecule has 0 aliphatic rings. The summed E-state index contributed by atoms with van der Waals surface area (Å²) in [6, 6.07) is 0. The quantitative estimate of drug-likeness (QED) is 0.0262. The van der Waals surface area contributed by atoms with Crippen LogP contribution in [0, 0.1) is 0 Å². The van der Waals surface area contributed by atoms with E-state index in [0.29, 0.717) is 19.3 Å². The van der Waals surface area contributed by atoms with Gasteiger partial charge in [0, 0.05) is 19.3 Å². The fourth-order valence-electron chi connectivity index (χ4n) is 8.27. The summed E-state index contributed by atoms with van der Waals surface area (Å²) in [5, 5.41) is 0. The molecule has 6 heteroatoms. The molecule has 0 saturated carbocycles. The maximum Gasteiger partial charge on any atom is 0.306 e. The van der Waals surface area contributed by atoms with Gasteiger partial charge in [-0.15, -0.1) is 0 Å². The highest BCUT2D eigenvalue weighted by molar-refractivity contribution is 5.71. The standard InChI is InChI=1S/C58H106O6/c1-4-7-10-13-16-19-22-25-28-29-31-33-36-39-42-45-48-51-57(60)63-54-55(53-62-56(59)50-47-44-41-38-35-32-27-24-21-18-15-12-9-6-3)64-58(61)52-49-46-43-40-37-34-30-26-23-20-17-14-11-8-5-2/h8,11,14,17,20,23,55H,4-7,9-10,12-13,15-16,18-19,21-22,24-54H2,1-3H3/b11-8-,17-14-,23-20-. The van der Waals surface area contributed by atoms with Crippen molar-refractivity contribution in [2.75, 3.05) is 13.2 Å². The summed E-state index contributed by atoms with van der Waals surface area (Å²) in [4.78, 5) is 38.1. The predicted octanol–water partition coefficient (Wildman–Crippen LogP) is 18.5. The lowest BCUT2D eigenvalue weighted by Gasteiger charge is -2.18. The van der Waals surface area contributed by atoms with Gasteiger partial charge < -0.3 is 14.2 Å². The van der Waals surface area contributed by atoms with Crippen molar-refractivity contribution in [2.24, 2.45) is 0 Å². The maximum absolute atomic E-state index is 12.8. The van der Waals surface area contributed by atoms with Crippen LogP contribution in [0.5, 0.6) is 0 Å². The molecule has 0 aliphatic carbocycles. The molecule has 1 atom stereocenters. The molecule has 0 aromatic carbocycles. The first kappa shape index (κ1) is 61.6. The highest BCUT2D eigenvalue weighted by Crippen LogP contribution is 2.17. The zero-order chi connectivity index (χ0) is 46.5. The molecule has 1 unspecified atom stereocenters. The van der Waals surface area contributed by atoms with Crippen LogP contribution in [0.15, 0.2) is 36.5 Å². The molecule has 374 valence electrons. The van der Waals surface area contributed by atoms with E-state index in [4.69, 9.17) is 14.2 Å². The molecule has 0 heterocycles. The van der Waals surface area contributed by atoms with E-state index in [2.05, 4.69) is 57.2 Å². The van der Waals surface area contributed by atoms with Crippen LogP contribution in [0.25, 0.3) is 0 Å². The van der Waals surface area contributed by atoms with Crippen LogP contribution in [0.1, 0.15) is 297 Å². The van der Waals surface area contributed by atoms with Crippen molar-refractivity contribution in [3.8, 4) is 0 Å². The van der Waals surface area contributed by atoms with Crippen molar-refractivity contribution in [2.45, 2.75) is 303 Å². The first-order valence-electron chi connectivity index (χ1n) is 28.0. The number of hydrogen-bond acceptors (Lipinski definition) is 6. The molecule has 0 aromatic heterocycles. The first-order chi connectivity index (χ1) is 31.5. The minimum atomic E-state index is -0.773. The van der Waals surface area contributed by atoms with Gasteiger partial charge in [-0.2, -0.15) is 0 Å². The lowest BCUT2D eigenvalue weighted by molar-refractivity contribution is -0.167. The lowest BCUT2D eigenvalue weighted by Crippen LogP contribution is -2.30. The van der Waals surface area contributed by atoms with Crippen LogP contribution >= 0.6 is 0 Å². The average Bonchev–Trinajstić information content (AvgIpc) is 3.29. The second kappa shape index (κ2) is 53.2.